The number of nitro benzene ring substituents is 1. The lowest BCUT2D eigenvalue weighted by Crippen LogP contribution is -2.12. The largest absolute Gasteiger partial charge is 0.379 e. The summed E-state index contributed by atoms with van der Waals surface area (Å²) in [4.78, 5) is 12.4. The lowest BCUT2D eigenvalue weighted by Gasteiger charge is -2.18. The second kappa shape index (κ2) is 6.45. The number of nitrogens with zero attached hydrogens (tertiary/aromatic N) is 2. The zero-order chi connectivity index (χ0) is 15.4. The second-order valence-corrected chi connectivity index (χ2v) is 5.22. The molecule has 0 aliphatic heterocycles. The third kappa shape index (κ3) is 3.64. The molecule has 6 heteroatoms. The summed E-state index contributed by atoms with van der Waals surface area (Å²) in [6.07, 6.45) is 0. The van der Waals surface area contributed by atoms with Gasteiger partial charge in [0.15, 0.2) is 0 Å². The molecule has 0 aromatic heterocycles. The Hall–Kier alpha value is -2.27. The fraction of sp³-hybridized carbons (Fsp3) is 0.200. The number of rotatable bonds is 5. The lowest BCUT2D eigenvalue weighted by atomic mass is 10.2. The lowest BCUT2D eigenvalue weighted by molar-refractivity contribution is -0.384. The molecular formula is C15H16ClN3O2. The van der Waals surface area contributed by atoms with Gasteiger partial charge in [0.1, 0.15) is 5.02 Å². The molecule has 0 unspecified atom stereocenters. The van der Waals surface area contributed by atoms with Crippen molar-refractivity contribution >= 4 is 28.7 Å². The van der Waals surface area contributed by atoms with Gasteiger partial charge in [-0.15, -0.1) is 0 Å². The number of hydrogen-bond acceptors (Lipinski definition) is 4. The first-order valence-electron chi connectivity index (χ1n) is 6.42. The van der Waals surface area contributed by atoms with Crippen LogP contribution in [0.2, 0.25) is 5.02 Å². The number of halogens is 1. The molecule has 0 saturated heterocycles. The van der Waals surface area contributed by atoms with Crippen LogP contribution in [0, 0.1) is 10.1 Å². The van der Waals surface area contributed by atoms with E-state index in [2.05, 4.69) is 5.32 Å². The number of hydrogen-bond donors (Lipinski definition) is 1. The van der Waals surface area contributed by atoms with Gasteiger partial charge >= 0.3 is 0 Å². The van der Waals surface area contributed by atoms with E-state index in [1.807, 2.05) is 43.3 Å². The monoisotopic (exact) mass is 305 g/mol. The molecule has 0 fully saturated rings. The topological polar surface area (TPSA) is 58.4 Å². The van der Waals surface area contributed by atoms with Crippen LogP contribution in [-0.2, 0) is 6.54 Å². The van der Waals surface area contributed by atoms with E-state index in [0.717, 1.165) is 16.9 Å². The molecular weight excluding hydrogens is 290 g/mol. The van der Waals surface area contributed by atoms with Gasteiger partial charge in [-0.1, -0.05) is 29.8 Å². The van der Waals surface area contributed by atoms with Crippen molar-refractivity contribution in [2.24, 2.45) is 0 Å². The van der Waals surface area contributed by atoms with E-state index >= 15 is 0 Å². The van der Waals surface area contributed by atoms with Gasteiger partial charge in [0.2, 0.25) is 0 Å². The Labute approximate surface area is 128 Å². The van der Waals surface area contributed by atoms with Crippen molar-refractivity contribution in [1.29, 1.82) is 0 Å². The predicted molar refractivity (Wildman–Crippen MR) is 86.2 cm³/mol. The van der Waals surface area contributed by atoms with E-state index in [9.17, 15) is 10.1 Å². The Morgan fingerprint density at radius 3 is 2.62 bits per heavy atom. The highest BCUT2D eigenvalue weighted by molar-refractivity contribution is 6.32. The molecule has 2 aromatic carbocycles. The SMILES string of the molecule is CN(C)c1ccccc1NCc1ccc(Cl)c([N+](=O)[O-])c1. The third-order valence-corrected chi connectivity index (χ3v) is 3.40. The van der Waals surface area contributed by atoms with E-state index in [1.165, 1.54) is 6.07 Å². The molecule has 0 saturated carbocycles. The van der Waals surface area contributed by atoms with Crippen molar-refractivity contribution in [1.82, 2.24) is 0 Å². The molecule has 2 aromatic rings. The highest BCUT2D eigenvalue weighted by Crippen LogP contribution is 2.27. The van der Waals surface area contributed by atoms with Crippen LogP contribution in [0.4, 0.5) is 17.1 Å². The average molecular weight is 306 g/mol. The van der Waals surface area contributed by atoms with E-state index in [4.69, 9.17) is 11.6 Å². The Morgan fingerprint density at radius 2 is 1.95 bits per heavy atom. The third-order valence-electron chi connectivity index (χ3n) is 3.08. The van der Waals surface area contributed by atoms with Crippen LogP contribution in [0.15, 0.2) is 42.5 Å². The quantitative estimate of drug-likeness (QED) is 0.672. The van der Waals surface area contributed by atoms with Gasteiger partial charge in [-0.3, -0.25) is 10.1 Å². The minimum Gasteiger partial charge on any atom is -0.379 e. The minimum atomic E-state index is -0.473. The maximum Gasteiger partial charge on any atom is 0.288 e. The van der Waals surface area contributed by atoms with Crippen molar-refractivity contribution < 1.29 is 4.92 Å². The summed E-state index contributed by atoms with van der Waals surface area (Å²) in [6.45, 7) is 0.489. The molecule has 1 N–H and O–H groups in total. The summed E-state index contributed by atoms with van der Waals surface area (Å²) in [5.74, 6) is 0. The minimum absolute atomic E-state index is 0.0724. The number of nitrogens with one attached hydrogen (secondary N) is 1. The molecule has 0 amide bonds. The van der Waals surface area contributed by atoms with Crippen LogP contribution in [0.25, 0.3) is 0 Å². The molecule has 0 bridgehead atoms. The fourth-order valence-corrected chi connectivity index (χ4v) is 2.21. The van der Waals surface area contributed by atoms with Crippen LogP contribution in [0.3, 0.4) is 0 Å². The Balaban J connectivity index is 2.17. The molecule has 0 heterocycles. The van der Waals surface area contributed by atoms with Gasteiger partial charge < -0.3 is 10.2 Å². The number of anilines is 2. The average Bonchev–Trinajstić information content (AvgIpc) is 2.46. The molecule has 110 valence electrons. The summed E-state index contributed by atoms with van der Waals surface area (Å²) < 4.78 is 0. The maximum atomic E-state index is 10.9. The highest BCUT2D eigenvalue weighted by Gasteiger charge is 2.12. The molecule has 21 heavy (non-hydrogen) atoms. The van der Waals surface area contributed by atoms with Gasteiger partial charge in [0, 0.05) is 26.7 Å². The zero-order valence-corrected chi connectivity index (χ0v) is 12.6. The van der Waals surface area contributed by atoms with E-state index in [1.54, 1.807) is 12.1 Å². The van der Waals surface area contributed by atoms with Gasteiger partial charge in [0.05, 0.1) is 16.3 Å². The van der Waals surface area contributed by atoms with Gasteiger partial charge in [-0.25, -0.2) is 0 Å². The van der Waals surface area contributed by atoms with Crippen LogP contribution in [0.5, 0.6) is 0 Å². The Bertz CT molecular complexity index is 659. The predicted octanol–water partition coefficient (Wildman–Crippen LogP) is 3.93. The summed E-state index contributed by atoms with van der Waals surface area (Å²) in [6, 6.07) is 12.7. The Kier molecular flexibility index (Phi) is 4.65. The van der Waals surface area contributed by atoms with Crippen LogP contribution in [-0.4, -0.2) is 19.0 Å². The van der Waals surface area contributed by atoms with Crippen molar-refractivity contribution in [2.45, 2.75) is 6.54 Å². The van der Waals surface area contributed by atoms with Crippen molar-refractivity contribution in [2.75, 3.05) is 24.3 Å². The molecule has 2 rings (SSSR count). The Morgan fingerprint density at radius 1 is 1.24 bits per heavy atom. The zero-order valence-electron chi connectivity index (χ0n) is 11.8. The molecule has 5 nitrogen and oxygen atoms in total. The molecule has 0 atom stereocenters. The summed E-state index contributed by atoms with van der Waals surface area (Å²) in [5.41, 5.74) is 2.76. The summed E-state index contributed by atoms with van der Waals surface area (Å²) >= 11 is 5.81. The first kappa shape index (κ1) is 15.1. The number of benzene rings is 2. The van der Waals surface area contributed by atoms with E-state index in [-0.39, 0.29) is 10.7 Å². The van der Waals surface area contributed by atoms with Gasteiger partial charge in [-0.2, -0.15) is 0 Å². The molecule has 0 aliphatic carbocycles. The fourth-order valence-electron chi connectivity index (χ4n) is 2.02. The van der Waals surface area contributed by atoms with Crippen LogP contribution in [0.1, 0.15) is 5.56 Å². The van der Waals surface area contributed by atoms with Crippen molar-refractivity contribution in [3.8, 4) is 0 Å². The van der Waals surface area contributed by atoms with Crippen LogP contribution >= 0.6 is 11.6 Å². The number of nitro groups is 1. The standard InChI is InChI=1S/C15H16ClN3O2/c1-18(2)14-6-4-3-5-13(14)17-10-11-7-8-12(16)15(9-11)19(20)21/h3-9,17H,10H2,1-2H3. The van der Waals surface area contributed by atoms with Gasteiger partial charge in [0.25, 0.3) is 5.69 Å². The molecule has 0 aliphatic rings. The first-order valence-corrected chi connectivity index (χ1v) is 6.80. The molecule has 0 radical (unpaired) electrons. The van der Waals surface area contributed by atoms with Gasteiger partial charge in [-0.05, 0) is 23.8 Å². The summed E-state index contributed by atoms with van der Waals surface area (Å²) in [7, 11) is 3.93. The maximum absolute atomic E-state index is 10.9. The van der Waals surface area contributed by atoms with Crippen molar-refractivity contribution in [3.63, 3.8) is 0 Å². The highest BCUT2D eigenvalue weighted by atomic mass is 35.5. The van der Waals surface area contributed by atoms with Crippen LogP contribution < -0.4 is 10.2 Å². The normalized spacial score (nSPS) is 10.2. The van der Waals surface area contributed by atoms with E-state index in [0.29, 0.717) is 6.54 Å². The smallest absolute Gasteiger partial charge is 0.288 e. The number of para-hydroxylation sites is 2. The second-order valence-electron chi connectivity index (χ2n) is 4.81. The molecule has 0 spiro atoms. The summed E-state index contributed by atoms with van der Waals surface area (Å²) in [5, 5.41) is 14.3. The van der Waals surface area contributed by atoms with E-state index < -0.39 is 4.92 Å². The van der Waals surface area contributed by atoms with Crippen molar-refractivity contribution in [3.05, 3.63) is 63.2 Å². The first-order chi connectivity index (χ1) is 9.99.